The van der Waals surface area contributed by atoms with Crippen LogP contribution in [0.25, 0.3) is 0 Å². The largest absolute Gasteiger partial charge is 1.00 e. The number of anilines is 1. The molecule has 0 aliphatic rings. The van der Waals surface area contributed by atoms with Crippen molar-refractivity contribution in [3.63, 3.8) is 0 Å². The molecule has 0 saturated heterocycles. The van der Waals surface area contributed by atoms with E-state index in [2.05, 4.69) is 0 Å². The molecule has 0 fully saturated rings. The second kappa shape index (κ2) is 4.02. The fraction of sp³-hybridized carbons (Fsp3) is 0. The zero-order valence-corrected chi connectivity index (χ0v) is 7.71. The van der Waals surface area contributed by atoms with E-state index in [0.29, 0.717) is 0 Å². The van der Waals surface area contributed by atoms with Crippen LogP contribution in [-0.4, -0.2) is 13.0 Å². The Kier molecular flexibility index (Phi) is 3.82. The Morgan fingerprint density at radius 3 is 2.23 bits per heavy atom. The molecule has 0 saturated carbocycles. The molecule has 0 amide bonds. The summed E-state index contributed by atoms with van der Waals surface area (Å²) in [6, 6.07) is 2.87. The summed E-state index contributed by atoms with van der Waals surface area (Å²) in [5.74, 6) is -0.553. The van der Waals surface area contributed by atoms with Gasteiger partial charge in [0.1, 0.15) is 0 Å². The maximum Gasteiger partial charge on any atom is 1.00 e. The minimum atomic E-state index is -4.33. The predicted octanol–water partition coefficient (Wildman–Crippen LogP) is -3.41. The molecule has 7 heteroatoms. The molecular weight excluding hydrogens is 189 g/mol. The van der Waals surface area contributed by atoms with Crippen molar-refractivity contribution in [3.8, 4) is 5.75 Å². The maximum absolute atomic E-state index is 10.7. The van der Waals surface area contributed by atoms with Gasteiger partial charge in [0, 0.05) is 5.69 Å². The molecule has 0 heterocycles. The Morgan fingerprint density at radius 1 is 1.31 bits per heavy atom. The van der Waals surface area contributed by atoms with Crippen LogP contribution >= 0.6 is 0 Å². The summed E-state index contributed by atoms with van der Waals surface area (Å²) in [7, 11) is -4.33. The summed E-state index contributed by atoms with van der Waals surface area (Å²) in [5, 5.41) is 10.7. The van der Waals surface area contributed by atoms with Crippen molar-refractivity contribution >= 4 is 15.8 Å². The van der Waals surface area contributed by atoms with Gasteiger partial charge in [0.15, 0.2) is 0 Å². The van der Waals surface area contributed by atoms with E-state index in [0.717, 1.165) is 18.2 Å². The van der Waals surface area contributed by atoms with Crippen LogP contribution in [0, 0.1) is 0 Å². The molecule has 5 nitrogen and oxygen atoms in total. The molecule has 0 aromatic heterocycles. The molecule has 66 valence electrons. The minimum absolute atomic E-state index is 0. The molecule has 0 unspecified atom stereocenters. The zero-order valence-electron chi connectivity index (χ0n) is 6.89. The van der Waals surface area contributed by atoms with Gasteiger partial charge in [-0.15, -0.1) is 5.75 Å². The number of nitrogens with two attached hydrogens (primary N) is 1. The van der Waals surface area contributed by atoms with E-state index in [1.54, 1.807) is 0 Å². The SMILES string of the molecule is Nc1cc([O-])cc(S(=O)(=O)O)c1.[Li+]. The number of hydrogen-bond acceptors (Lipinski definition) is 4. The van der Waals surface area contributed by atoms with Crippen LogP contribution < -0.4 is 29.7 Å². The average molecular weight is 195 g/mol. The van der Waals surface area contributed by atoms with Crippen LogP contribution in [0.1, 0.15) is 0 Å². The third-order valence-electron chi connectivity index (χ3n) is 1.20. The molecule has 13 heavy (non-hydrogen) atoms. The molecule has 3 N–H and O–H groups in total. The van der Waals surface area contributed by atoms with Gasteiger partial charge in [-0.05, 0) is 18.2 Å². The molecule has 0 bridgehead atoms. The topological polar surface area (TPSA) is 103 Å². The van der Waals surface area contributed by atoms with Crippen LogP contribution in [-0.2, 0) is 10.1 Å². The molecule has 1 aromatic carbocycles. The normalized spacial score (nSPS) is 10.5. The van der Waals surface area contributed by atoms with Gasteiger partial charge in [-0.3, -0.25) is 4.55 Å². The fourth-order valence-electron chi connectivity index (χ4n) is 0.743. The summed E-state index contributed by atoms with van der Waals surface area (Å²) in [6.07, 6.45) is 0. The van der Waals surface area contributed by atoms with Crippen LogP contribution in [0.15, 0.2) is 23.1 Å². The molecule has 0 radical (unpaired) electrons. The smallest absolute Gasteiger partial charge is 0.872 e. The molecule has 0 aliphatic carbocycles. The zero-order chi connectivity index (χ0) is 9.35. The average Bonchev–Trinajstić information content (AvgIpc) is 1.82. The minimum Gasteiger partial charge on any atom is -0.872 e. The van der Waals surface area contributed by atoms with E-state index in [1.807, 2.05) is 0 Å². The standard InChI is InChI=1S/C6H7NO4S.Li/c7-4-1-5(8)3-6(2-4)12(9,10)11;/h1-3,8H,7H2,(H,9,10,11);/q;+1/p-1. The quantitative estimate of drug-likeness (QED) is 0.276. The van der Waals surface area contributed by atoms with Crippen molar-refractivity contribution < 1.29 is 36.9 Å². The van der Waals surface area contributed by atoms with E-state index >= 15 is 0 Å². The fourth-order valence-corrected chi connectivity index (χ4v) is 1.29. The first-order valence-electron chi connectivity index (χ1n) is 2.94. The van der Waals surface area contributed by atoms with Gasteiger partial charge in [-0.25, -0.2) is 0 Å². The first kappa shape index (κ1) is 12.3. The van der Waals surface area contributed by atoms with Crippen LogP contribution in [0.5, 0.6) is 5.75 Å². The van der Waals surface area contributed by atoms with E-state index in [-0.39, 0.29) is 24.5 Å². The number of rotatable bonds is 1. The third-order valence-corrected chi connectivity index (χ3v) is 2.03. The third kappa shape index (κ3) is 3.28. The second-order valence-corrected chi connectivity index (χ2v) is 3.63. The van der Waals surface area contributed by atoms with Crippen molar-refractivity contribution in [1.82, 2.24) is 0 Å². The van der Waals surface area contributed by atoms with Crippen LogP contribution in [0.3, 0.4) is 0 Å². The summed E-state index contributed by atoms with van der Waals surface area (Å²) >= 11 is 0. The predicted molar refractivity (Wildman–Crippen MR) is 40.1 cm³/mol. The van der Waals surface area contributed by atoms with Crippen molar-refractivity contribution in [3.05, 3.63) is 18.2 Å². The second-order valence-electron chi connectivity index (χ2n) is 2.21. The van der Waals surface area contributed by atoms with Crippen molar-refractivity contribution in [2.45, 2.75) is 4.90 Å². The van der Waals surface area contributed by atoms with Gasteiger partial charge in [0.2, 0.25) is 0 Å². The van der Waals surface area contributed by atoms with Crippen LogP contribution in [0.2, 0.25) is 0 Å². The monoisotopic (exact) mass is 195 g/mol. The summed E-state index contributed by atoms with van der Waals surface area (Å²) in [4.78, 5) is -0.479. The number of hydrogen-bond donors (Lipinski definition) is 2. The molecule has 0 atom stereocenters. The van der Waals surface area contributed by atoms with Crippen molar-refractivity contribution in [1.29, 1.82) is 0 Å². The van der Waals surface area contributed by atoms with Gasteiger partial charge in [0.05, 0.1) is 4.90 Å². The summed E-state index contributed by atoms with van der Waals surface area (Å²) < 4.78 is 29.5. The molecule has 0 spiro atoms. The molecule has 1 rings (SSSR count). The first-order chi connectivity index (χ1) is 5.39. The maximum atomic E-state index is 10.7. The Morgan fingerprint density at radius 2 is 1.85 bits per heavy atom. The Balaban J connectivity index is 0.00000144. The van der Waals surface area contributed by atoms with Gasteiger partial charge < -0.3 is 10.8 Å². The van der Waals surface area contributed by atoms with E-state index in [9.17, 15) is 13.5 Å². The first-order valence-corrected chi connectivity index (χ1v) is 4.38. The van der Waals surface area contributed by atoms with Gasteiger partial charge in [0.25, 0.3) is 10.1 Å². The number of benzene rings is 1. The summed E-state index contributed by atoms with van der Waals surface area (Å²) in [5.41, 5.74) is 5.19. The van der Waals surface area contributed by atoms with E-state index in [1.165, 1.54) is 0 Å². The summed E-state index contributed by atoms with van der Waals surface area (Å²) in [6.45, 7) is 0. The Labute approximate surface area is 87.5 Å². The van der Waals surface area contributed by atoms with Gasteiger partial charge in [-0.2, -0.15) is 8.42 Å². The van der Waals surface area contributed by atoms with Gasteiger partial charge >= 0.3 is 18.9 Å². The Bertz CT molecular complexity index is 383. The van der Waals surface area contributed by atoms with Gasteiger partial charge in [-0.1, -0.05) is 0 Å². The molecule has 1 aromatic rings. The van der Waals surface area contributed by atoms with E-state index in [4.69, 9.17) is 10.3 Å². The number of nitrogen functional groups attached to an aromatic ring is 1. The molecule has 0 aliphatic heterocycles. The van der Waals surface area contributed by atoms with Crippen molar-refractivity contribution in [2.75, 3.05) is 5.73 Å². The van der Waals surface area contributed by atoms with Crippen LogP contribution in [0.4, 0.5) is 5.69 Å². The molecular formula is C6H6LiNO4S. The van der Waals surface area contributed by atoms with Crippen molar-refractivity contribution in [2.24, 2.45) is 0 Å². The van der Waals surface area contributed by atoms with E-state index < -0.39 is 20.8 Å². The Hall–Kier alpha value is -0.673.